The fourth-order valence-corrected chi connectivity index (χ4v) is 3.27. The molecule has 1 aliphatic rings. The molecule has 1 amide bonds. The van der Waals surface area contributed by atoms with Crippen molar-refractivity contribution in [1.82, 2.24) is 20.2 Å². The highest BCUT2D eigenvalue weighted by Crippen LogP contribution is 2.15. The molecular formula is C20H26N4O. The van der Waals surface area contributed by atoms with E-state index in [0.717, 1.165) is 42.2 Å². The number of rotatable bonds is 6. The van der Waals surface area contributed by atoms with Crippen LogP contribution in [-0.2, 0) is 17.9 Å². The van der Waals surface area contributed by atoms with Gasteiger partial charge in [0.15, 0.2) is 0 Å². The molecule has 0 bridgehead atoms. The summed E-state index contributed by atoms with van der Waals surface area (Å²) in [6.07, 6.45) is 2.76. The van der Waals surface area contributed by atoms with Gasteiger partial charge in [0, 0.05) is 23.9 Å². The van der Waals surface area contributed by atoms with Crippen LogP contribution >= 0.6 is 0 Å². The Morgan fingerprint density at radius 3 is 2.16 bits per heavy atom. The molecule has 3 heterocycles. The predicted octanol–water partition coefficient (Wildman–Crippen LogP) is 2.76. The smallest absolute Gasteiger partial charge is 0.224 e. The number of pyridine rings is 2. The maximum absolute atomic E-state index is 12.9. The zero-order chi connectivity index (χ0) is 17.6. The van der Waals surface area contributed by atoms with Crippen molar-refractivity contribution >= 4 is 5.91 Å². The zero-order valence-corrected chi connectivity index (χ0v) is 15.0. The topological polar surface area (TPSA) is 58.1 Å². The quantitative estimate of drug-likeness (QED) is 0.880. The summed E-state index contributed by atoms with van der Waals surface area (Å²) in [6.45, 7) is 5.99. The minimum absolute atomic E-state index is 0.158. The number of carbonyl (C=O) groups is 1. The number of aromatic nitrogens is 2. The lowest BCUT2D eigenvalue weighted by molar-refractivity contribution is -0.133. The van der Waals surface area contributed by atoms with Crippen LogP contribution in [0.25, 0.3) is 0 Å². The average Bonchev–Trinajstić information content (AvgIpc) is 3.07. The second-order valence-corrected chi connectivity index (χ2v) is 6.79. The van der Waals surface area contributed by atoms with Crippen LogP contribution in [0, 0.1) is 13.8 Å². The third-order valence-corrected chi connectivity index (χ3v) is 4.53. The first kappa shape index (κ1) is 17.5. The standard InChI is InChI=1S/C20H26N4O/c1-15-6-3-8-18(22-15)13-24(14-19-9-4-7-16(2)23-19)20(25)12-17-10-5-11-21-17/h3-4,6-9,17,21H,5,10-14H2,1-2H3. The fourth-order valence-electron chi connectivity index (χ4n) is 3.27. The van der Waals surface area contributed by atoms with Gasteiger partial charge in [-0.2, -0.15) is 0 Å². The summed E-state index contributed by atoms with van der Waals surface area (Å²) in [4.78, 5) is 23.9. The van der Waals surface area contributed by atoms with Crippen LogP contribution in [0.5, 0.6) is 0 Å². The number of nitrogens with one attached hydrogen (secondary N) is 1. The molecule has 0 aromatic carbocycles. The average molecular weight is 338 g/mol. The molecule has 5 heteroatoms. The van der Waals surface area contributed by atoms with E-state index in [1.54, 1.807) is 0 Å². The summed E-state index contributed by atoms with van der Waals surface area (Å²) in [5.41, 5.74) is 3.77. The van der Waals surface area contributed by atoms with Gasteiger partial charge in [-0.25, -0.2) is 0 Å². The monoisotopic (exact) mass is 338 g/mol. The van der Waals surface area contributed by atoms with Crippen molar-refractivity contribution in [2.45, 2.75) is 52.2 Å². The summed E-state index contributed by atoms with van der Waals surface area (Å²) >= 11 is 0. The van der Waals surface area contributed by atoms with Crippen LogP contribution < -0.4 is 5.32 Å². The van der Waals surface area contributed by atoms with Crippen molar-refractivity contribution in [1.29, 1.82) is 0 Å². The van der Waals surface area contributed by atoms with Gasteiger partial charge in [0.25, 0.3) is 0 Å². The molecule has 2 aromatic rings. The van der Waals surface area contributed by atoms with E-state index in [1.165, 1.54) is 0 Å². The van der Waals surface area contributed by atoms with E-state index < -0.39 is 0 Å². The maximum atomic E-state index is 12.9. The van der Waals surface area contributed by atoms with Crippen molar-refractivity contribution in [2.24, 2.45) is 0 Å². The number of hydrogen-bond acceptors (Lipinski definition) is 4. The van der Waals surface area contributed by atoms with Gasteiger partial charge in [-0.1, -0.05) is 12.1 Å². The largest absolute Gasteiger partial charge is 0.331 e. The SMILES string of the molecule is Cc1cccc(CN(Cc2cccc(C)n2)C(=O)CC2CCCN2)n1. The van der Waals surface area contributed by atoms with Crippen molar-refractivity contribution < 1.29 is 4.79 Å². The summed E-state index contributed by atoms with van der Waals surface area (Å²) in [5.74, 6) is 0.158. The Morgan fingerprint density at radius 2 is 1.68 bits per heavy atom. The molecule has 132 valence electrons. The summed E-state index contributed by atoms with van der Waals surface area (Å²) < 4.78 is 0. The van der Waals surface area contributed by atoms with Gasteiger partial charge < -0.3 is 10.2 Å². The molecule has 1 fully saturated rings. The first-order valence-corrected chi connectivity index (χ1v) is 8.96. The van der Waals surface area contributed by atoms with Crippen LogP contribution in [-0.4, -0.2) is 33.4 Å². The number of hydrogen-bond donors (Lipinski definition) is 1. The van der Waals surface area contributed by atoms with Gasteiger partial charge in [0.1, 0.15) is 0 Å². The highest BCUT2D eigenvalue weighted by molar-refractivity contribution is 5.76. The van der Waals surface area contributed by atoms with Crippen molar-refractivity contribution in [2.75, 3.05) is 6.54 Å². The van der Waals surface area contributed by atoms with Crippen molar-refractivity contribution in [3.63, 3.8) is 0 Å². The Bertz CT molecular complexity index is 678. The molecule has 25 heavy (non-hydrogen) atoms. The molecular weight excluding hydrogens is 312 g/mol. The summed E-state index contributed by atoms with van der Waals surface area (Å²) in [6, 6.07) is 12.2. The minimum atomic E-state index is 0.158. The van der Waals surface area contributed by atoms with E-state index in [4.69, 9.17) is 0 Å². The Balaban J connectivity index is 1.75. The molecule has 0 saturated carbocycles. The van der Waals surface area contributed by atoms with Crippen LogP contribution in [0.4, 0.5) is 0 Å². The Kier molecular flexibility index (Phi) is 5.76. The van der Waals surface area contributed by atoms with Gasteiger partial charge in [0.05, 0.1) is 24.5 Å². The molecule has 1 aliphatic heterocycles. The number of amides is 1. The van der Waals surface area contributed by atoms with Crippen LogP contribution in [0.15, 0.2) is 36.4 Å². The van der Waals surface area contributed by atoms with Gasteiger partial charge >= 0.3 is 0 Å². The van der Waals surface area contributed by atoms with Crippen LogP contribution in [0.1, 0.15) is 42.0 Å². The van der Waals surface area contributed by atoms with Gasteiger partial charge in [-0.3, -0.25) is 14.8 Å². The molecule has 0 radical (unpaired) electrons. The second-order valence-electron chi connectivity index (χ2n) is 6.79. The first-order valence-electron chi connectivity index (χ1n) is 8.96. The van der Waals surface area contributed by atoms with E-state index in [0.29, 0.717) is 25.6 Å². The normalized spacial score (nSPS) is 16.8. The molecule has 1 unspecified atom stereocenters. The highest BCUT2D eigenvalue weighted by atomic mass is 16.2. The second kappa shape index (κ2) is 8.21. The Morgan fingerprint density at radius 1 is 1.08 bits per heavy atom. The zero-order valence-electron chi connectivity index (χ0n) is 15.0. The van der Waals surface area contributed by atoms with E-state index in [1.807, 2.05) is 55.1 Å². The van der Waals surface area contributed by atoms with E-state index in [2.05, 4.69) is 15.3 Å². The van der Waals surface area contributed by atoms with Crippen LogP contribution in [0.3, 0.4) is 0 Å². The highest BCUT2D eigenvalue weighted by Gasteiger charge is 2.22. The van der Waals surface area contributed by atoms with E-state index in [9.17, 15) is 4.79 Å². The maximum Gasteiger partial charge on any atom is 0.224 e. The Hall–Kier alpha value is -2.27. The minimum Gasteiger partial charge on any atom is -0.331 e. The van der Waals surface area contributed by atoms with Crippen LogP contribution in [0.2, 0.25) is 0 Å². The molecule has 0 aliphatic carbocycles. The molecule has 3 rings (SSSR count). The predicted molar refractivity (Wildman–Crippen MR) is 97.8 cm³/mol. The van der Waals surface area contributed by atoms with E-state index >= 15 is 0 Å². The van der Waals surface area contributed by atoms with Crippen molar-refractivity contribution in [3.8, 4) is 0 Å². The summed E-state index contributed by atoms with van der Waals surface area (Å²) in [7, 11) is 0. The molecule has 2 aromatic heterocycles. The molecule has 1 saturated heterocycles. The molecule has 5 nitrogen and oxygen atoms in total. The molecule has 1 atom stereocenters. The third kappa shape index (κ3) is 5.10. The van der Waals surface area contributed by atoms with Gasteiger partial charge in [-0.05, 0) is 57.5 Å². The molecule has 0 spiro atoms. The summed E-state index contributed by atoms with van der Waals surface area (Å²) in [5, 5.41) is 3.41. The lowest BCUT2D eigenvalue weighted by Gasteiger charge is -2.24. The molecule has 1 N–H and O–H groups in total. The van der Waals surface area contributed by atoms with E-state index in [-0.39, 0.29) is 5.91 Å². The number of carbonyl (C=O) groups excluding carboxylic acids is 1. The third-order valence-electron chi connectivity index (χ3n) is 4.53. The Labute approximate surface area is 149 Å². The van der Waals surface area contributed by atoms with Crippen molar-refractivity contribution in [3.05, 3.63) is 59.2 Å². The lowest BCUT2D eigenvalue weighted by Crippen LogP contribution is -2.35. The van der Waals surface area contributed by atoms with Gasteiger partial charge in [-0.15, -0.1) is 0 Å². The lowest BCUT2D eigenvalue weighted by atomic mass is 10.1. The fraction of sp³-hybridized carbons (Fsp3) is 0.450. The number of nitrogens with zero attached hydrogens (tertiary/aromatic N) is 3. The first-order chi connectivity index (χ1) is 12.1. The van der Waals surface area contributed by atoms with Gasteiger partial charge in [0.2, 0.25) is 5.91 Å². The number of aryl methyl sites for hydroxylation is 2.